The highest BCUT2D eigenvalue weighted by atomic mass is 32.2. The molecule has 1 N–H and O–H groups in total. The Kier molecular flexibility index (Phi) is 14.7. The molecule has 0 spiro atoms. The van der Waals surface area contributed by atoms with E-state index in [1.165, 1.54) is 0 Å². The summed E-state index contributed by atoms with van der Waals surface area (Å²) < 4.78 is 198. The van der Waals surface area contributed by atoms with Crippen molar-refractivity contribution >= 4 is 122 Å². The van der Waals surface area contributed by atoms with Crippen molar-refractivity contribution in [3.63, 3.8) is 0 Å². The number of rotatable bonds is 8. The average molecular weight is 1440 g/mol. The van der Waals surface area contributed by atoms with Crippen LogP contribution in [0.1, 0.15) is 0 Å². The van der Waals surface area contributed by atoms with Crippen molar-refractivity contribution < 1.29 is 61.3 Å². The smallest absolute Gasteiger partial charge is 0.417 e. The van der Waals surface area contributed by atoms with Crippen molar-refractivity contribution in [3.05, 3.63) is 291 Å². The van der Waals surface area contributed by atoms with Gasteiger partial charge in [0.15, 0.2) is 0 Å². The van der Waals surface area contributed by atoms with Crippen LogP contribution in [0.15, 0.2) is 300 Å². The summed E-state index contributed by atoms with van der Waals surface area (Å²) in [5.74, 6) is -1.61. The maximum Gasteiger partial charge on any atom is 0.518 e. The van der Waals surface area contributed by atoms with E-state index < -0.39 is 69.4 Å². The van der Waals surface area contributed by atoms with Gasteiger partial charge in [0.25, 0.3) is 0 Å². The lowest BCUT2D eigenvalue weighted by atomic mass is 9.86. The molecule has 2 aliphatic heterocycles. The monoisotopic (exact) mass is 1440 g/mol. The van der Waals surface area contributed by atoms with E-state index in [0.29, 0.717) is 86.9 Å². The normalized spacial score (nSPS) is 14.2. The molecule has 103 heavy (non-hydrogen) atoms. The average Bonchev–Trinajstić information content (AvgIpc) is 1.58. The molecule has 0 bridgehead atoms. The number of nitrogens with zero attached hydrogens (tertiary/aromatic N) is 2. The molecule has 0 saturated carbocycles. The number of sulfonamides is 2. The molecule has 0 aromatic heterocycles. The number of halogens is 6. The van der Waals surface area contributed by atoms with E-state index in [1.807, 2.05) is 84.9 Å². The summed E-state index contributed by atoms with van der Waals surface area (Å²) in [6, 6.07) is 85.5. The van der Waals surface area contributed by atoms with Gasteiger partial charge in [0, 0.05) is 44.5 Å². The zero-order chi connectivity index (χ0) is 70.4. The second-order valence-electron chi connectivity index (χ2n) is 25.2. The van der Waals surface area contributed by atoms with E-state index in [1.54, 1.807) is 211 Å². The summed E-state index contributed by atoms with van der Waals surface area (Å²) in [6.45, 7) is 0. The molecule has 0 saturated heterocycles. The summed E-state index contributed by atoms with van der Waals surface area (Å²) in [5, 5.41) is 9.50. The predicted molar refractivity (Wildman–Crippen MR) is 400 cm³/mol. The van der Waals surface area contributed by atoms with Gasteiger partial charge in [-0.2, -0.15) is 34.8 Å². The van der Waals surface area contributed by atoms with Crippen molar-refractivity contribution in [1.82, 2.24) is 4.49 Å². The van der Waals surface area contributed by atoms with E-state index in [-0.39, 0.29) is 44.5 Å². The summed E-state index contributed by atoms with van der Waals surface area (Å²) in [5.41, 5.74) is -10.4. The second kappa shape index (κ2) is 23.6. The lowest BCUT2D eigenvalue weighted by Gasteiger charge is -2.29. The fourth-order valence-electron chi connectivity index (χ4n) is 14.2. The Bertz CT molecular complexity index is 6400. The Morgan fingerprint density at radius 1 is 0.291 bits per heavy atom. The summed E-state index contributed by atoms with van der Waals surface area (Å²) in [4.78, 5) is 0. The van der Waals surface area contributed by atoms with Gasteiger partial charge in [-0.05, 0) is 157 Å². The van der Waals surface area contributed by atoms with Gasteiger partial charge >= 0.3 is 46.4 Å². The highest BCUT2D eigenvalue weighted by Crippen LogP contribution is 2.73. The molecule has 16 aromatic rings. The van der Waals surface area contributed by atoms with Gasteiger partial charge < -0.3 is 18.1 Å². The van der Waals surface area contributed by atoms with Crippen molar-refractivity contribution in [1.29, 1.82) is 0 Å². The van der Waals surface area contributed by atoms with E-state index >= 15 is 43.2 Å². The Morgan fingerprint density at radius 2 is 0.544 bits per heavy atom. The topological polar surface area (TPSA) is 142 Å². The van der Waals surface area contributed by atoms with Gasteiger partial charge in [-0.1, -0.05) is 247 Å². The van der Waals surface area contributed by atoms with Crippen molar-refractivity contribution in [2.24, 2.45) is 8.67 Å². The van der Waals surface area contributed by atoms with Gasteiger partial charge in [0.05, 0.1) is 0 Å². The molecule has 0 fully saturated rings. The summed E-state index contributed by atoms with van der Waals surface area (Å²) in [7, 11) is -27.0. The Balaban J connectivity index is 1.07. The molecule has 2 heterocycles. The lowest BCUT2D eigenvalue weighted by Crippen LogP contribution is -2.37. The van der Waals surface area contributed by atoms with Gasteiger partial charge in [-0.15, -0.1) is 9.01 Å². The highest BCUT2D eigenvalue weighted by molar-refractivity contribution is 7.97. The zero-order valence-electron chi connectivity index (χ0n) is 53.4. The van der Waals surface area contributed by atoms with Crippen molar-refractivity contribution in [2.45, 2.75) is 11.0 Å². The summed E-state index contributed by atoms with van der Waals surface area (Å²) >= 11 is 0. The van der Waals surface area contributed by atoms with E-state index in [2.05, 4.69) is 4.15 Å². The Morgan fingerprint density at radius 3 is 0.816 bits per heavy atom. The minimum absolute atomic E-state index is 0.0899. The van der Waals surface area contributed by atoms with Crippen LogP contribution in [0.3, 0.4) is 0 Å². The fourth-order valence-corrected chi connectivity index (χ4v) is 22.3. The van der Waals surface area contributed by atoms with E-state index in [0.717, 1.165) is 21.5 Å². The SMILES string of the molecule is O=S(=O)(N=P1(N=P2(NS(=O)(=O)C(F)(F)F)Oc3c(-c4ccc5ccccc5c4)cc4ccccc4c3-c3c(c(-c4ccc5ccccc5c4)cc4ccccc34)O2)Oc2c(-c3ccc4ccccc4c3)cc3ccccc3c2-c2c(c(-c3ccc4ccccc4c3)cc3ccccc23)O1)C(F)(F)F. The Hall–Kier alpha value is -11.3. The quantitative estimate of drug-likeness (QED) is 0.117. The molecule has 0 amide bonds. The number of alkyl halides is 6. The molecular formula is C82H49F6N3O8P2S2. The zero-order valence-corrected chi connectivity index (χ0v) is 56.8. The summed E-state index contributed by atoms with van der Waals surface area (Å²) in [6.07, 6.45) is 0. The first-order valence-electron chi connectivity index (χ1n) is 32.3. The Labute approximate surface area is 584 Å². The molecule has 11 nitrogen and oxygen atoms in total. The lowest BCUT2D eigenvalue weighted by molar-refractivity contribution is -0.0445. The third-order valence-electron chi connectivity index (χ3n) is 18.9. The molecule has 18 rings (SSSR count). The van der Waals surface area contributed by atoms with Crippen LogP contribution in [-0.4, -0.2) is 27.9 Å². The number of benzene rings is 16. The number of hydrogen-bond acceptors (Lipinski definition) is 8. The minimum Gasteiger partial charge on any atom is -0.417 e. The number of fused-ring (bicyclic) bond motifs is 18. The number of nitrogens with one attached hydrogen (secondary N) is 1. The van der Waals surface area contributed by atoms with Crippen LogP contribution < -0.4 is 22.6 Å². The molecule has 0 aliphatic carbocycles. The second-order valence-corrected chi connectivity index (χ2v) is 32.9. The molecule has 504 valence electrons. The first-order valence-corrected chi connectivity index (χ1v) is 38.4. The molecule has 0 atom stereocenters. The van der Waals surface area contributed by atoms with Crippen LogP contribution >= 0.6 is 15.3 Å². The van der Waals surface area contributed by atoms with Crippen LogP contribution in [0.5, 0.6) is 23.0 Å². The van der Waals surface area contributed by atoms with Gasteiger partial charge in [-0.25, -0.2) is 8.42 Å². The third kappa shape index (κ3) is 10.8. The van der Waals surface area contributed by atoms with Crippen LogP contribution in [0.25, 0.3) is 153 Å². The van der Waals surface area contributed by atoms with Crippen molar-refractivity contribution in [2.75, 3.05) is 0 Å². The third-order valence-corrected chi connectivity index (χ3v) is 27.2. The standard InChI is InChI=1S/C82H49F6N3O8P2S2/c83-81(84,85)102(92,93)90-100(96-77-69(61-37-33-49-17-1-5-21-53(49)41-61)45-57-25-9-13-29-65(57)73(77)74-66-30-14-10-26-58(66)46-70(78(74)97-100)62-38-34-50-18-2-6-22-54(50)42-62)89-101(91-103(94,95)82(86,87)88)98-79-71(63-39-35-51-19-3-7-23-55(51)43-63)47-59-27-11-15-31-67(59)75(79)76-68-32-16-12-28-60(68)48-72(80(76)99-101)64-40-36-52-20-4-8-24-56(52)44-64/h1-48,90H. The highest BCUT2D eigenvalue weighted by Gasteiger charge is 2.56. The minimum atomic E-state index is -7.12. The van der Waals surface area contributed by atoms with E-state index in [9.17, 15) is 0 Å². The maximum absolute atomic E-state index is 16.3. The molecule has 0 radical (unpaired) electrons. The molecule has 21 heteroatoms. The molecular weight excluding hydrogens is 1390 g/mol. The predicted octanol–water partition coefficient (Wildman–Crippen LogP) is 24.3. The first kappa shape index (κ1) is 63.8. The fraction of sp³-hybridized carbons (Fsp3) is 0.0244. The number of hydrogen-bond donors (Lipinski definition) is 1. The molecule has 16 aromatic carbocycles. The first-order chi connectivity index (χ1) is 49.7. The molecule has 0 unspecified atom stereocenters. The van der Waals surface area contributed by atoms with Crippen LogP contribution in [0.2, 0.25) is 0 Å². The van der Waals surface area contributed by atoms with Gasteiger partial charge in [0.2, 0.25) is 0 Å². The largest absolute Gasteiger partial charge is 0.518 e. The van der Waals surface area contributed by atoms with Crippen molar-refractivity contribution in [3.8, 4) is 89.8 Å². The molecule has 2 aliphatic rings. The van der Waals surface area contributed by atoms with E-state index in [4.69, 9.17) is 22.6 Å². The van der Waals surface area contributed by atoms with Crippen LogP contribution in [-0.2, 0) is 20.0 Å². The van der Waals surface area contributed by atoms with Gasteiger partial charge in [0.1, 0.15) is 23.0 Å². The maximum atomic E-state index is 16.3. The van der Waals surface area contributed by atoms with Crippen LogP contribution in [0.4, 0.5) is 26.3 Å². The van der Waals surface area contributed by atoms with Gasteiger partial charge in [-0.3, -0.25) is 0 Å². The van der Waals surface area contributed by atoms with Crippen LogP contribution in [0, 0.1) is 0 Å².